The minimum Gasteiger partial charge on any atom is -0.397 e. The van der Waals surface area contributed by atoms with Crippen molar-refractivity contribution < 1.29 is 9.42 Å². The van der Waals surface area contributed by atoms with E-state index in [9.17, 15) is 4.79 Å². The highest BCUT2D eigenvalue weighted by Gasteiger charge is 2.26. The molecule has 3 rings (SSSR count). The number of benzene rings is 1. The van der Waals surface area contributed by atoms with Crippen LogP contribution in [0.2, 0.25) is 0 Å². The number of carbonyl (C=O) groups excluding carboxylic acids is 1. The number of anilines is 2. The number of hydrogen-bond donors (Lipinski definition) is 2. The average Bonchev–Trinajstić information content (AvgIpc) is 3.08. The van der Waals surface area contributed by atoms with Gasteiger partial charge in [-0.05, 0) is 35.3 Å². The summed E-state index contributed by atoms with van der Waals surface area (Å²) in [5.41, 5.74) is 13.7. The van der Waals surface area contributed by atoms with Crippen molar-refractivity contribution in [3.05, 3.63) is 12.1 Å². The Labute approximate surface area is 115 Å². The fourth-order valence-electron chi connectivity index (χ4n) is 2.90. The molecule has 1 fully saturated rings. The number of hydrogen-bond acceptors (Lipinski definition) is 6. The number of primary amides is 1. The highest BCUT2D eigenvalue weighted by atomic mass is 16.6. The Balaban J connectivity index is 2.06. The average molecular weight is 275 g/mol. The first-order valence-electron chi connectivity index (χ1n) is 6.72. The van der Waals surface area contributed by atoms with Gasteiger partial charge in [0.25, 0.3) is 0 Å². The third kappa shape index (κ3) is 2.15. The van der Waals surface area contributed by atoms with Crippen molar-refractivity contribution in [1.29, 1.82) is 0 Å². The standard InChI is InChI=1S/C13H17N5O2/c14-9-5-6-10(13-12(9)16-20-17-13)18(7-11(15)19)8-3-1-2-4-8/h5-6,8H,1-4,7,14H2,(H2,15,19). The second kappa shape index (κ2) is 4.99. The van der Waals surface area contributed by atoms with Crippen molar-refractivity contribution in [1.82, 2.24) is 10.3 Å². The van der Waals surface area contributed by atoms with Crippen molar-refractivity contribution in [2.45, 2.75) is 31.7 Å². The van der Waals surface area contributed by atoms with Crippen LogP contribution < -0.4 is 16.4 Å². The molecule has 0 radical (unpaired) electrons. The molecule has 0 unspecified atom stereocenters. The largest absolute Gasteiger partial charge is 0.397 e. The van der Waals surface area contributed by atoms with Crippen molar-refractivity contribution in [2.75, 3.05) is 17.2 Å². The zero-order valence-corrected chi connectivity index (χ0v) is 11.1. The molecule has 106 valence electrons. The maximum absolute atomic E-state index is 11.4. The lowest BCUT2D eigenvalue weighted by Crippen LogP contribution is -2.40. The number of rotatable bonds is 4. The predicted octanol–water partition coefficient (Wildman–Crippen LogP) is 1.04. The molecule has 1 aromatic heterocycles. The molecule has 0 spiro atoms. The van der Waals surface area contributed by atoms with Gasteiger partial charge in [0, 0.05) is 6.04 Å². The maximum atomic E-state index is 11.4. The van der Waals surface area contributed by atoms with Crippen LogP contribution in [0.15, 0.2) is 16.8 Å². The predicted molar refractivity (Wildman–Crippen MR) is 75.0 cm³/mol. The second-order valence-electron chi connectivity index (χ2n) is 5.17. The zero-order chi connectivity index (χ0) is 14.1. The molecular weight excluding hydrogens is 258 g/mol. The van der Waals surface area contributed by atoms with E-state index in [1.54, 1.807) is 6.07 Å². The number of aromatic nitrogens is 2. The first kappa shape index (κ1) is 12.7. The van der Waals surface area contributed by atoms with Crippen LogP contribution in [-0.2, 0) is 4.79 Å². The number of nitrogen functional groups attached to an aromatic ring is 1. The smallest absolute Gasteiger partial charge is 0.236 e. The Hall–Kier alpha value is -2.31. The van der Waals surface area contributed by atoms with Gasteiger partial charge in [0.2, 0.25) is 5.91 Å². The lowest BCUT2D eigenvalue weighted by Gasteiger charge is -2.29. The lowest BCUT2D eigenvalue weighted by molar-refractivity contribution is -0.116. The first-order valence-corrected chi connectivity index (χ1v) is 6.72. The molecule has 0 bridgehead atoms. The molecular formula is C13H17N5O2. The fraction of sp³-hybridized carbons (Fsp3) is 0.462. The molecule has 1 aliphatic carbocycles. The third-order valence-electron chi connectivity index (χ3n) is 3.83. The van der Waals surface area contributed by atoms with E-state index in [0.29, 0.717) is 22.8 Å². The first-order chi connectivity index (χ1) is 9.66. The molecule has 0 saturated heterocycles. The van der Waals surface area contributed by atoms with Gasteiger partial charge in [-0.1, -0.05) is 12.8 Å². The van der Waals surface area contributed by atoms with Crippen LogP contribution in [0.4, 0.5) is 11.4 Å². The van der Waals surface area contributed by atoms with Crippen LogP contribution >= 0.6 is 0 Å². The topological polar surface area (TPSA) is 111 Å². The summed E-state index contributed by atoms with van der Waals surface area (Å²) in [6, 6.07) is 3.90. The molecule has 1 heterocycles. The zero-order valence-electron chi connectivity index (χ0n) is 11.1. The Kier molecular flexibility index (Phi) is 3.17. The number of nitrogens with two attached hydrogens (primary N) is 2. The van der Waals surface area contributed by atoms with E-state index in [2.05, 4.69) is 10.3 Å². The summed E-state index contributed by atoms with van der Waals surface area (Å²) in [7, 11) is 0. The van der Waals surface area contributed by atoms with E-state index in [4.69, 9.17) is 16.1 Å². The van der Waals surface area contributed by atoms with Gasteiger partial charge in [0.15, 0.2) is 11.0 Å². The third-order valence-corrected chi connectivity index (χ3v) is 3.83. The van der Waals surface area contributed by atoms with E-state index in [1.807, 2.05) is 11.0 Å². The van der Waals surface area contributed by atoms with Gasteiger partial charge in [-0.15, -0.1) is 0 Å². The molecule has 0 atom stereocenters. The normalized spacial score (nSPS) is 15.8. The lowest BCUT2D eigenvalue weighted by atomic mass is 10.1. The Morgan fingerprint density at radius 3 is 2.70 bits per heavy atom. The number of fused-ring (bicyclic) bond motifs is 1. The Morgan fingerprint density at radius 2 is 2.00 bits per heavy atom. The highest BCUT2D eigenvalue weighted by molar-refractivity contribution is 5.96. The van der Waals surface area contributed by atoms with Gasteiger partial charge in [0.05, 0.1) is 17.9 Å². The van der Waals surface area contributed by atoms with Crippen LogP contribution in [0.5, 0.6) is 0 Å². The summed E-state index contributed by atoms with van der Waals surface area (Å²) in [6.45, 7) is 0.163. The molecule has 1 aliphatic rings. The van der Waals surface area contributed by atoms with Gasteiger partial charge in [0.1, 0.15) is 0 Å². The van der Waals surface area contributed by atoms with Crippen LogP contribution in [0.3, 0.4) is 0 Å². The number of carbonyl (C=O) groups is 1. The van der Waals surface area contributed by atoms with E-state index in [1.165, 1.54) is 0 Å². The van der Waals surface area contributed by atoms with Gasteiger partial charge >= 0.3 is 0 Å². The molecule has 1 aromatic carbocycles. The summed E-state index contributed by atoms with van der Waals surface area (Å²) in [6.07, 6.45) is 4.42. The Bertz CT molecular complexity index is 633. The summed E-state index contributed by atoms with van der Waals surface area (Å²) >= 11 is 0. The molecule has 2 aromatic rings. The molecule has 7 heteroatoms. The molecule has 7 nitrogen and oxygen atoms in total. The van der Waals surface area contributed by atoms with Crippen molar-refractivity contribution in [3.8, 4) is 0 Å². The minimum absolute atomic E-state index is 0.163. The summed E-state index contributed by atoms with van der Waals surface area (Å²) in [4.78, 5) is 13.4. The minimum atomic E-state index is -0.363. The van der Waals surface area contributed by atoms with E-state index in [-0.39, 0.29) is 12.5 Å². The van der Waals surface area contributed by atoms with Crippen molar-refractivity contribution in [3.63, 3.8) is 0 Å². The van der Waals surface area contributed by atoms with Crippen LogP contribution in [0.25, 0.3) is 11.0 Å². The van der Waals surface area contributed by atoms with Gasteiger partial charge < -0.3 is 16.4 Å². The maximum Gasteiger partial charge on any atom is 0.236 e. The SMILES string of the molecule is NC(=O)CN(c1ccc(N)c2nonc12)C1CCCC1. The second-order valence-corrected chi connectivity index (χ2v) is 5.17. The highest BCUT2D eigenvalue weighted by Crippen LogP contribution is 2.33. The Morgan fingerprint density at radius 1 is 1.30 bits per heavy atom. The van der Waals surface area contributed by atoms with E-state index < -0.39 is 0 Å². The molecule has 1 amide bonds. The van der Waals surface area contributed by atoms with Gasteiger partial charge in [-0.2, -0.15) is 0 Å². The summed E-state index contributed by atoms with van der Waals surface area (Å²) < 4.78 is 4.78. The monoisotopic (exact) mass is 275 g/mol. The van der Waals surface area contributed by atoms with Gasteiger partial charge in [-0.3, -0.25) is 4.79 Å². The van der Waals surface area contributed by atoms with Crippen LogP contribution in [0.1, 0.15) is 25.7 Å². The van der Waals surface area contributed by atoms with Gasteiger partial charge in [-0.25, -0.2) is 4.63 Å². The fourth-order valence-corrected chi connectivity index (χ4v) is 2.90. The summed E-state index contributed by atoms with van der Waals surface area (Å²) in [5, 5.41) is 7.73. The number of nitrogens with zero attached hydrogens (tertiary/aromatic N) is 3. The quantitative estimate of drug-likeness (QED) is 0.806. The van der Waals surface area contributed by atoms with E-state index in [0.717, 1.165) is 31.4 Å². The molecule has 1 saturated carbocycles. The molecule has 4 N–H and O–H groups in total. The molecule has 0 aliphatic heterocycles. The molecule has 20 heavy (non-hydrogen) atoms. The van der Waals surface area contributed by atoms with Crippen LogP contribution in [0, 0.1) is 0 Å². The van der Waals surface area contributed by atoms with Crippen LogP contribution in [-0.4, -0.2) is 28.8 Å². The number of amides is 1. The van der Waals surface area contributed by atoms with E-state index >= 15 is 0 Å². The summed E-state index contributed by atoms with van der Waals surface area (Å²) in [5.74, 6) is -0.363. The van der Waals surface area contributed by atoms with Crippen molar-refractivity contribution in [2.24, 2.45) is 5.73 Å². The van der Waals surface area contributed by atoms with Crippen molar-refractivity contribution >= 4 is 28.3 Å².